The Hall–Kier alpha value is -4.06. The van der Waals surface area contributed by atoms with Gasteiger partial charge in [0, 0.05) is 31.6 Å². The maximum atomic E-state index is 12.7. The fourth-order valence-corrected chi connectivity index (χ4v) is 3.53. The van der Waals surface area contributed by atoms with Crippen molar-refractivity contribution in [3.63, 3.8) is 0 Å². The molecule has 0 saturated heterocycles. The third-order valence-electron chi connectivity index (χ3n) is 5.24. The van der Waals surface area contributed by atoms with Gasteiger partial charge in [-0.3, -0.25) is 14.6 Å². The Morgan fingerprint density at radius 1 is 0.938 bits per heavy atom. The van der Waals surface area contributed by atoms with Crippen molar-refractivity contribution in [1.29, 1.82) is 0 Å². The molecule has 0 saturated carbocycles. The highest BCUT2D eigenvalue weighted by Gasteiger charge is 2.15. The van der Waals surface area contributed by atoms with E-state index in [9.17, 15) is 9.59 Å². The number of hydrogen-bond acceptors (Lipinski definition) is 4. The molecule has 0 spiro atoms. The minimum absolute atomic E-state index is 0.0137. The van der Waals surface area contributed by atoms with Crippen molar-refractivity contribution >= 4 is 29.3 Å². The minimum atomic E-state index is -0.318. The van der Waals surface area contributed by atoms with E-state index in [0.29, 0.717) is 24.6 Å². The second-order valence-electron chi connectivity index (χ2n) is 7.44. The van der Waals surface area contributed by atoms with E-state index >= 15 is 0 Å². The van der Waals surface area contributed by atoms with Crippen molar-refractivity contribution in [2.24, 2.45) is 0 Å². The highest BCUT2D eigenvalue weighted by Crippen LogP contribution is 2.22. The Bertz CT molecular complexity index is 1120. The largest absolute Gasteiger partial charge is 0.339 e. The van der Waals surface area contributed by atoms with E-state index in [2.05, 4.69) is 33.5 Å². The van der Waals surface area contributed by atoms with Crippen molar-refractivity contribution in [3.8, 4) is 0 Å². The fraction of sp³-hybridized carbons (Fsp3) is 0.154. The van der Waals surface area contributed by atoms with Crippen molar-refractivity contribution in [3.05, 3.63) is 102 Å². The third kappa shape index (κ3) is 5.55. The summed E-state index contributed by atoms with van der Waals surface area (Å²) in [5.41, 5.74) is 3.62. The molecule has 1 aliphatic rings. The van der Waals surface area contributed by atoms with Crippen LogP contribution in [0, 0.1) is 0 Å². The molecule has 32 heavy (non-hydrogen) atoms. The highest BCUT2D eigenvalue weighted by molar-refractivity contribution is 6.02. The molecule has 1 N–H and O–H groups in total. The number of carbonyl (C=O) groups excluding carboxylic acids is 2. The number of hydrogen-bond donors (Lipinski definition) is 1. The van der Waals surface area contributed by atoms with Gasteiger partial charge in [0.2, 0.25) is 5.91 Å². The fourth-order valence-electron chi connectivity index (χ4n) is 3.53. The van der Waals surface area contributed by atoms with Crippen LogP contribution in [0.5, 0.6) is 0 Å². The van der Waals surface area contributed by atoms with Gasteiger partial charge in [-0.1, -0.05) is 42.5 Å². The predicted octanol–water partition coefficient (Wildman–Crippen LogP) is 4.45. The average Bonchev–Trinajstić information content (AvgIpc) is 3.11. The quantitative estimate of drug-likeness (QED) is 0.614. The lowest BCUT2D eigenvalue weighted by atomic mass is 10.0. The Labute approximate surface area is 187 Å². The second kappa shape index (κ2) is 10.3. The lowest BCUT2D eigenvalue weighted by Crippen LogP contribution is -2.30. The van der Waals surface area contributed by atoms with Gasteiger partial charge in [0.15, 0.2) is 0 Å². The topological polar surface area (TPSA) is 75.2 Å². The van der Waals surface area contributed by atoms with E-state index in [0.717, 1.165) is 18.4 Å². The predicted molar refractivity (Wildman–Crippen MR) is 126 cm³/mol. The molecule has 0 fully saturated rings. The van der Waals surface area contributed by atoms with E-state index < -0.39 is 0 Å². The van der Waals surface area contributed by atoms with Gasteiger partial charge in [-0.05, 0) is 59.9 Å². The van der Waals surface area contributed by atoms with E-state index in [-0.39, 0.29) is 11.8 Å². The zero-order valence-electron chi connectivity index (χ0n) is 17.6. The molecule has 0 unspecified atom stereocenters. The van der Waals surface area contributed by atoms with Gasteiger partial charge in [-0.15, -0.1) is 0 Å². The first-order valence-corrected chi connectivity index (χ1v) is 10.6. The first-order valence-electron chi connectivity index (χ1n) is 10.6. The molecule has 0 bridgehead atoms. The molecule has 3 aromatic rings. The summed E-state index contributed by atoms with van der Waals surface area (Å²) in [6, 6.07) is 19.0. The van der Waals surface area contributed by atoms with Crippen LogP contribution < -0.4 is 5.32 Å². The SMILES string of the molecule is O=C(Nc1ccc(/C=C/C(=O)N2CCC=C(c3ccccc3)CC2)cn1)c1ccccn1. The van der Waals surface area contributed by atoms with Crippen molar-refractivity contribution in [1.82, 2.24) is 14.9 Å². The van der Waals surface area contributed by atoms with Crippen LogP contribution in [0.1, 0.15) is 34.5 Å². The molecule has 4 rings (SSSR count). The van der Waals surface area contributed by atoms with Crippen molar-refractivity contribution in [2.45, 2.75) is 12.8 Å². The summed E-state index contributed by atoms with van der Waals surface area (Å²) in [5.74, 6) is 0.0950. The molecule has 2 amide bonds. The number of anilines is 1. The van der Waals surface area contributed by atoms with E-state index in [1.54, 1.807) is 48.8 Å². The van der Waals surface area contributed by atoms with Gasteiger partial charge >= 0.3 is 0 Å². The molecule has 1 aliphatic heterocycles. The first kappa shape index (κ1) is 21.2. The average molecular weight is 425 g/mol. The van der Waals surface area contributed by atoms with Gasteiger partial charge in [-0.2, -0.15) is 0 Å². The Morgan fingerprint density at radius 2 is 1.78 bits per heavy atom. The summed E-state index contributed by atoms with van der Waals surface area (Å²) in [5, 5.41) is 2.71. The van der Waals surface area contributed by atoms with Gasteiger partial charge in [-0.25, -0.2) is 4.98 Å². The van der Waals surface area contributed by atoms with Crippen molar-refractivity contribution in [2.75, 3.05) is 18.4 Å². The molecular formula is C26H24N4O2. The zero-order valence-corrected chi connectivity index (χ0v) is 17.6. The maximum Gasteiger partial charge on any atom is 0.275 e. The molecule has 2 aromatic heterocycles. The van der Waals surface area contributed by atoms with Crippen LogP contribution in [0.3, 0.4) is 0 Å². The van der Waals surface area contributed by atoms with Crippen LogP contribution in [0.15, 0.2) is 85.2 Å². The van der Waals surface area contributed by atoms with Gasteiger partial charge in [0.25, 0.3) is 5.91 Å². The van der Waals surface area contributed by atoms with Crippen molar-refractivity contribution < 1.29 is 9.59 Å². The number of nitrogens with zero attached hydrogens (tertiary/aromatic N) is 3. The summed E-state index contributed by atoms with van der Waals surface area (Å²) in [6.07, 6.45) is 10.4. The molecule has 6 heteroatoms. The molecule has 3 heterocycles. The van der Waals surface area contributed by atoms with E-state index in [4.69, 9.17) is 0 Å². The Balaban J connectivity index is 1.31. The molecule has 0 atom stereocenters. The number of benzene rings is 1. The summed E-state index contributed by atoms with van der Waals surface area (Å²) in [6.45, 7) is 1.40. The summed E-state index contributed by atoms with van der Waals surface area (Å²) >= 11 is 0. The number of pyridine rings is 2. The monoisotopic (exact) mass is 424 g/mol. The van der Waals surface area contributed by atoms with Gasteiger partial charge in [0.1, 0.15) is 11.5 Å². The summed E-state index contributed by atoms with van der Waals surface area (Å²) < 4.78 is 0. The van der Waals surface area contributed by atoms with Crippen LogP contribution in [0.2, 0.25) is 0 Å². The van der Waals surface area contributed by atoms with Gasteiger partial charge < -0.3 is 10.2 Å². The lowest BCUT2D eigenvalue weighted by molar-refractivity contribution is -0.125. The second-order valence-corrected chi connectivity index (χ2v) is 7.44. The lowest BCUT2D eigenvalue weighted by Gasteiger charge is -2.18. The maximum absolute atomic E-state index is 12.7. The normalized spacial score (nSPS) is 14.0. The third-order valence-corrected chi connectivity index (χ3v) is 5.24. The van der Waals surface area contributed by atoms with E-state index in [1.165, 1.54) is 11.1 Å². The number of amides is 2. The molecule has 0 radical (unpaired) electrons. The number of rotatable bonds is 5. The van der Waals surface area contributed by atoms with Crippen LogP contribution in [0.4, 0.5) is 5.82 Å². The Kier molecular flexibility index (Phi) is 6.82. The van der Waals surface area contributed by atoms with Crippen LogP contribution >= 0.6 is 0 Å². The number of aromatic nitrogens is 2. The molecule has 6 nitrogen and oxygen atoms in total. The highest BCUT2D eigenvalue weighted by atomic mass is 16.2. The Morgan fingerprint density at radius 3 is 2.53 bits per heavy atom. The molecule has 0 aliphatic carbocycles. The smallest absolute Gasteiger partial charge is 0.275 e. The van der Waals surface area contributed by atoms with Gasteiger partial charge in [0.05, 0.1) is 0 Å². The van der Waals surface area contributed by atoms with Crippen LogP contribution in [-0.4, -0.2) is 39.8 Å². The first-order chi connectivity index (χ1) is 15.7. The summed E-state index contributed by atoms with van der Waals surface area (Å²) in [4.78, 5) is 35.0. The number of nitrogens with one attached hydrogen (secondary N) is 1. The minimum Gasteiger partial charge on any atom is -0.339 e. The molecule has 160 valence electrons. The standard InChI is InChI=1S/C26H24N4O2/c31-25(30-17-6-9-22(15-18-30)21-7-2-1-3-8-21)14-12-20-11-13-24(28-19-20)29-26(32)23-10-4-5-16-27-23/h1-5,7-14,16,19H,6,15,17-18H2,(H,28,29,32)/b14-12+. The van der Waals surface area contributed by atoms with Crippen LogP contribution in [0.25, 0.3) is 11.6 Å². The zero-order chi connectivity index (χ0) is 22.2. The molecule has 1 aromatic carbocycles. The number of carbonyl (C=O) groups is 2. The van der Waals surface area contributed by atoms with Crippen LogP contribution in [-0.2, 0) is 4.79 Å². The summed E-state index contributed by atoms with van der Waals surface area (Å²) in [7, 11) is 0. The van der Waals surface area contributed by atoms with E-state index in [1.807, 2.05) is 29.2 Å². The molecular weight excluding hydrogens is 400 g/mol.